The zero-order valence-corrected chi connectivity index (χ0v) is 18.2. The number of nitrogens with zero attached hydrogens (tertiary/aromatic N) is 1. The fraction of sp³-hybridized carbons (Fsp3) is 0.417. The molecule has 2 aromatic carbocycles. The van der Waals surface area contributed by atoms with Crippen molar-refractivity contribution in [1.29, 1.82) is 0 Å². The summed E-state index contributed by atoms with van der Waals surface area (Å²) in [6, 6.07) is 12.8. The predicted molar refractivity (Wildman–Crippen MR) is 116 cm³/mol. The number of carbonyl (C=O) groups excluding carboxylic acids is 2. The minimum atomic E-state index is -0.692. The van der Waals surface area contributed by atoms with E-state index in [1.165, 1.54) is 22.6 Å². The van der Waals surface area contributed by atoms with Crippen LogP contribution < -0.4 is 10.1 Å². The molecule has 0 saturated heterocycles. The van der Waals surface area contributed by atoms with E-state index in [9.17, 15) is 14.0 Å². The molecule has 0 fully saturated rings. The van der Waals surface area contributed by atoms with Crippen LogP contribution in [0.25, 0.3) is 0 Å². The van der Waals surface area contributed by atoms with Crippen LogP contribution in [0, 0.1) is 5.82 Å². The molecule has 0 aliphatic carbocycles. The van der Waals surface area contributed by atoms with Crippen LogP contribution in [0.2, 0.25) is 0 Å². The maximum Gasteiger partial charge on any atom is 0.261 e. The van der Waals surface area contributed by atoms with Crippen molar-refractivity contribution in [2.24, 2.45) is 0 Å². The molecular weight excluding hydrogens is 383 g/mol. The lowest BCUT2D eigenvalue weighted by Gasteiger charge is -2.29. The van der Waals surface area contributed by atoms with Crippen molar-refractivity contribution >= 4 is 11.8 Å². The smallest absolute Gasteiger partial charge is 0.261 e. The first-order valence-electron chi connectivity index (χ1n) is 10.4. The van der Waals surface area contributed by atoms with Gasteiger partial charge < -0.3 is 15.0 Å². The highest BCUT2D eigenvalue weighted by Crippen LogP contribution is 2.15. The molecule has 0 radical (unpaired) electrons. The summed E-state index contributed by atoms with van der Waals surface area (Å²) in [6.07, 6.45) is 1.72. The summed E-state index contributed by atoms with van der Waals surface area (Å²) in [4.78, 5) is 27.1. The van der Waals surface area contributed by atoms with Crippen molar-refractivity contribution in [2.75, 3.05) is 6.61 Å². The molecule has 0 bridgehead atoms. The summed E-state index contributed by atoms with van der Waals surface area (Å²) < 4.78 is 18.9. The number of aryl methyl sites for hydroxylation is 1. The molecule has 2 atom stereocenters. The van der Waals surface area contributed by atoms with E-state index in [4.69, 9.17) is 4.74 Å². The predicted octanol–water partition coefficient (Wildman–Crippen LogP) is 4.10. The number of ether oxygens (including phenoxy) is 1. The summed E-state index contributed by atoms with van der Waals surface area (Å²) in [5, 5.41) is 2.91. The third-order valence-electron chi connectivity index (χ3n) is 5.13. The number of hydrogen-bond acceptors (Lipinski definition) is 3. The Labute approximate surface area is 178 Å². The van der Waals surface area contributed by atoms with E-state index in [-0.39, 0.29) is 36.8 Å². The Morgan fingerprint density at radius 3 is 2.17 bits per heavy atom. The molecule has 2 amide bonds. The fourth-order valence-corrected chi connectivity index (χ4v) is 2.88. The molecule has 2 rings (SSSR count). The summed E-state index contributed by atoms with van der Waals surface area (Å²) in [5.74, 6) is -0.296. The first-order chi connectivity index (χ1) is 14.3. The Hall–Kier alpha value is -2.89. The van der Waals surface area contributed by atoms with Crippen LogP contribution in [0.5, 0.6) is 5.75 Å². The molecular formula is C24H31FN2O3. The molecule has 0 spiro atoms. The zero-order chi connectivity index (χ0) is 22.1. The van der Waals surface area contributed by atoms with Crippen molar-refractivity contribution in [3.05, 3.63) is 65.5 Å². The van der Waals surface area contributed by atoms with Crippen LogP contribution >= 0.6 is 0 Å². The van der Waals surface area contributed by atoms with E-state index in [0.717, 1.165) is 18.4 Å². The molecule has 0 saturated carbocycles. The van der Waals surface area contributed by atoms with Crippen LogP contribution in [-0.4, -0.2) is 35.4 Å². The third-order valence-corrected chi connectivity index (χ3v) is 5.13. The number of hydrogen-bond donors (Lipinski definition) is 1. The van der Waals surface area contributed by atoms with E-state index >= 15 is 0 Å². The van der Waals surface area contributed by atoms with Gasteiger partial charge >= 0.3 is 0 Å². The highest BCUT2D eigenvalue weighted by molar-refractivity contribution is 5.88. The molecule has 0 aliphatic heterocycles. The highest BCUT2D eigenvalue weighted by Gasteiger charge is 2.27. The number of rotatable bonds is 10. The Balaban J connectivity index is 2.12. The number of carbonyl (C=O) groups is 2. The average Bonchev–Trinajstić information content (AvgIpc) is 2.76. The van der Waals surface area contributed by atoms with Crippen LogP contribution in [0.15, 0.2) is 48.5 Å². The van der Waals surface area contributed by atoms with Crippen molar-refractivity contribution in [1.82, 2.24) is 10.2 Å². The van der Waals surface area contributed by atoms with Gasteiger partial charge in [0.05, 0.1) is 0 Å². The van der Waals surface area contributed by atoms with Gasteiger partial charge in [0.2, 0.25) is 5.91 Å². The second-order valence-corrected chi connectivity index (χ2v) is 7.43. The van der Waals surface area contributed by atoms with Gasteiger partial charge in [-0.25, -0.2) is 4.39 Å². The maximum absolute atomic E-state index is 13.2. The van der Waals surface area contributed by atoms with Gasteiger partial charge in [-0.3, -0.25) is 9.59 Å². The molecule has 5 nitrogen and oxygen atoms in total. The van der Waals surface area contributed by atoms with E-state index in [1.807, 2.05) is 38.1 Å². The summed E-state index contributed by atoms with van der Waals surface area (Å²) >= 11 is 0. The highest BCUT2D eigenvalue weighted by atomic mass is 19.1. The maximum atomic E-state index is 13.2. The van der Waals surface area contributed by atoms with E-state index in [2.05, 4.69) is 12.2 Å². The van der Waals surface area contributed by atoms with Crippen molar-refractivity contribution in [2.45, 2.75) is 59.2 Å². The van der Waals surface area contributed by atoms with Gasteiger partial charge in [-0.1, -0.05) is 38.1 Å². The number of nitrogens with one attached hydrogen (secondary N) is 1. The minimum Gasteiger partial charge on any atom is -0.484 e. The van der Waals surface area contributed by atoms with Gasteiger partial charge in [-0.15, -0.1) is 0 Å². The van der Waals surface area contributed by atoms with E-state index < -0.39 is 6.04 Å². The lowest BCUT2D eigenvalue weighted by molar-refractivity contribution is -0.142. The topological polar surface area (TPSA) is 58.6 Å². The fourth-order valence-electron chi connectivity index (χ4n) is 2.88. The standard InChI is InChI=1S/C24H31FN2O3/c1-5-17(3)26-24(29)18(4)27(15-20-7-11-21(25)12-8-20)23(28)16-30-22-13-9-19(6-2)10-14-22/h7-14,17-18H,5-6,15-16H2,1-4H3,(H,26,29). The Kier molecular flexibility index (Phi) is 8.84. The van der Waals surface area contributed by atoms with E-state index in [0.29, 0.717) is 5.75 Å². The van der Waals surface area contributed by atoms with Crippen LogP contribution in [0.1, 0.15) is 45.2 Å². The first-order valence-corrected chi connectivity index (χ1v) is 10.4. The summed E-state index contributed by atoms with van der Waals surface area (Å²) in [6.45, 7) is 7.65. The minimum absolute atomic E-state index is 0.0102. The Morgan fingerprint density at radius 1 is 1.00 bits per heavy atom. The van der Waals surface area contributed by atoms with Crippen LogP contribution in [0.3, 0.4) is 0 Å². The molecule has 2 unspecified atom stereocenters. The first kappa shape index (κ1) is 23.4. The van der Waals surface area contributed by atoms with E-state index in [1.54, 1.807) is 19.1 Å². The number of halogens is 1. The van der Waals surface area contributed by atoms with Crippen molar-refractivity contribution in [3.8, 4) is 5.75 Å². The summed E-state index contributed by atoms with van der Waals surface area (Å²) in [5.41, 5.74) is 1.92. The SMILES string of the molecule is CCc1ccc(OCC(=O)N(Cc2ccc(F)cc2)C(C)C(=O)NC(C)CC)cc1. The van der Waals surface area contributed by atoms with Gasteiger partial charge in [0.25, 0.3) is 5.91 Å². The van der Waals surface area contributed by atoms with Crippen molar-refractivity contribution < 1.29 is 18.7 Å². The molecule has 1 N–H and O–H groups in total. The normalized spacial score (nSPS) is 12.7. The third kappa shape index (κ3) is 6.87. The molecule has 162 valence electrons. The second-order valence-electron chi connectivity index (χ2n) is 7.43. The van der Waals surface area contributed by atoms with Crippen LogP contribution in [0.4, 0.5) is 4.39 Å². The monoisotopic (exact) mass is 414 g/mol. The second kappa shape index (κ2) is 11.3. The number of benzene rings is 2. The van der Waals surface area contributed by atoms with Crippen molar-refractivity contribution in [3.63, 3.8) is 0 Å². The lowest BCUT2D eigenvalue weighted by atomic mass is 10.1. The molecule has 0 heterocycles. The van der Waals surface area contributed by atoms with Gasteiger partial charge in [0.15, 0.2) is 6.61 Å². The Morgan fingerprint density at radius 2 is 1.60 bits per heavy atom. The van der Waals surface area contributed by atoms with Gasteiger partial charge in [0, 0.05) is 12.6 Å². The van der Waals surface area contributed by atoms with Gasteiger partial charge in [-0.2, -0.15) is 0 Å². The molecule has 0 aromatic heterocycles. The Bertz CT molecular complexity index is 821. The summed E-state index contributed by atoms with van der Waals surface area (Å²) in [7, 11) is 0. The number of amides is 2. The lowest BCUT2D eigenvalue weighted by Crippen LogP contribution is -2.50. The molecule has 2 aromatic rings. The average molecular weight is 415 g/mol. The molecule has 30 heavy (non-hydrogen) atoms. The van der Waals surface area contributed by atoms with Gasteiger partial charge in [0.1, 0.15) is 17.6 Å². The largest absolute Gasteiger partial charge is 0.484 e. The van der Waals surface area contributed by atoms with Gasteiger partial charge in [-0.05, 0) is 62.1 Å². The molecule has 0 aliphatic rings. The quantitative estimate of drug-likeness (QED) is 0.637. The molecule has 6 heteroatoms. The van der Waals surface area contributed by atoms with Crippen LogP contribution in [-0.2, 0) is 22.6 Å². The zero-order valence-electron chi connectivity index (χ0n) is 18.2.